The summed E-state index contributed by atoms with van der Waals surface area (Å²) in [4.78, 5) is 42.3. The third-order valence-corrected chi connectivity index (χ3v) is 5.81. The Bertz CT molecular complexity index is 980. The second-order valence-electron chi connectivity index (χ2n) is 8.09. The van der Waals surface area contributed by atoms with Crippen molar-refractivity contribution in [1.82, 2.24) is 9.80 Å². The molecule has 7 heteroatoms. The van der Waals surface area contributed by atoms with Gasteiger partial charge in [-0.25, -0.2) is 0 Å². The maximum Gasteiger partial charge on any atom is 0.246 e. The van der Waals surface area contributed by atoms with E-state index in [1.165, 1.54) is 0 Å². The van der Waals surface area contributed by atoms with Crippen LogP contribution in [0.25, 0.3) is 6.08 Å². The first-order valence-electron chi connectivity index (χ1n) is 11.0. The smallest absolute Gasteiger partial charge is 0.246 e. The molecule has 2 saturated heterocycles. The van der Waals surface area contributed by atoms with E-state index in [4.69, 9.17) is 0 Å². The second kappa shape index (κ2) is 10.2. The van der Waals surface area contributed by atoms with Crippen LogP contribution < -0.4 is 10.2 Å². The molecule has 0 radical (unpaired) electrons. The van der Waals surface area contributed by atoms with Gasteiger partial charge in [0.05, 0.1) is 6.54 Å². The average molecular weight is 433 g/mol. The minimum absolute atomic E-state index is 0.0304. The Morgan fingerprint density at radius 1 is 0.906 bits per heavy atom. The number of rotatable bonds is 6. The lowest BCUT2D eigenvalue weighted by Crippen LogP contribution is -2.50. The number of para-hydroxylation sites is 1. The van der Waals surface area contributed by atoms with Gasteiger partial charge in [-0.3, -0.25) is 19.3 Å². The zero-order valence-corrected chi connectivity index (χ0v) is 18.1. The van der Waals surface area contributed by atoms with Crippen LogP contribution in [-0.4, -0.2) is 66.8 Å². The van der Waals surface area contributed by atoms with Crippen molar-refractivity contribution in [1.29, 1.82) is 0 Å². The predicted octanol–water partition coefficient (Wildman–Crippen LogP) is 2.61. The van der Waals surface area contributed by atoms with Crippen molar-refractivity contribution in [2.75, 3.05) is 49.5 Å². The van der Waals surface area contributed by atoms with Gasteiger partial charge >= 0.3 is 0 Å². The van der Waals surface area contributed by atoms with E-state index >= 15 is 0 Å². The summed E-state index contributed by atoms with van der Waals surface area (Å²) < 4.78 is 0. The van der Waals surface area contributed by atoms with E-state index in [2.05, 4.69) is 10.2 Å². The number of anilines is 2. The van der Waals surface area contributed by atoms with E-state index in [1.54, 1.807) is 22.0 Å². The molecular weight excluding hydrogens is 404 g/mol. The van der Waals surface area contributed by atoms with E-state index in [0.717, 1.165) is 29.9 Å². The molecule has 7 nitrogen and oxygen atoms in total. The Morgan fingerprint density at radius 2 is 1.62 bits per heavy atom. The van der Waals surface area contributed by atoms with Gasteiger partial charge in [0.2, 0.25) is 17.7 Å². The summed E-state index contributed by atoms with van der Waals surface area (Å²) in [5.74, 6) is 0.0901. The maximum absolute atomic E-state index is 12.5. The Kier molecular flexibility index (Phi) is 6.97. The van der Waals surface area contributed by atoms with E-state index in [1.807, 2.05) is 54.6 Å². The quantitative estimate of drug-likeness (QED) is 0.713. The molecule has 2 aromatic carbocycles. The molecule has 166 valence electrons. The van der Waals surface area contributed by atoms with Gasteiger partial charge in [0.25, 0.3) is 0 Å². The number of carbonyl (C=O) groups is 3. The topological polar surface area (TPSA) is 73.0 Å². The number of benzene rings is 2. The van der Waals surface area contributed by atoms with Crippen molar-refractivity contribution in [2.24, 2.45) is 0 Å². The minimum Gasteiger partial charge on any atom is -0.337 e. The van der Waals surface area contributed by atoms with Crippen LogP contribution in [0.1, 0.15) is 18.4 Å². The second-order valence-corrected chi connectivity index (χ2v) is 8.09. The van der Waals surface area contributed by atoms with Crippen LogP contribution in [0.2, 0.25) is 0 Å². The SMILES string of the molecule is O=C(CN1CCN(C(=O)/C=C/c2ccc(N3CCCC3=O)cc2)CC1)Nc1ccccc1. The van der Waals surface area contributed by atoms with Crippen LogP contribution in [-0.2, 0) is 14.4 Å². The number of hydrogen-bond acceptors (Lipinski definition) is 4. The zero-order chi connectivity index (χ0) is 22.3. The summed E-state index contributed by atoms with van der Waals surface area (Å²) in [5, 5.41) is 2.89. The van der Waals surface area contributed by atoms with Crippen molar-refractivity contribution in [3.8, 4) is 0 Å². The van der Waals surface area contributed by atoms with Gasteiger partial charge in [0.15, 0.2) is 0 Å². The van der Waals surface area contributed by atoms with Gasteiger partial charge in [0.1, 0.15) is 0 Å². The van der Waals surface area contributed by atoms with Gasteiger partial charge < -0.3 is 15.1 Å². The van der Waals surface area contributed by atoms with Gasteiger partial charge in [-0.05, 0) is 42.3 Å². The summed E-state index contributed by atoms with van der Waals surface area (Å²) in [5.41, 5.74) is 2.62. The molecule has 0 saturated carbocycles. The number of carbonyl (C=O) groups excluding carboxylic acids is 3. The first kappa shape index (κ1) is 21.8. The highest BCUT2D eigenvalue weighted by molar-refractivity contribution is 5.96. The fourth-order valence-corrected chi connectivity index (χ4v) is 4.01. The van der Waals surface area contributed by atoms with Crippen LogP contribution in [0.5, 0.6) is 0 Å². The first-order chi connectivity index (χ1) is 15.6. The molecule has 3 amide bonds. The number of hydrogen-bond donors (Lipinski definition) is 1. The molecule has 2 fully saturated rings. The minimum atomic E-state index is -0.0463. The summed E-state index contributed by atoms with van der Waals surface area (Å²) in [6, 6.07) is 17.1. The van der Waals surface area contributed by atoms with Gasteiger partial charge in [-0.15, -0.1) is 0 Å². The van der Waals surface area contributed by atoms with Crippen molar-refractivity contribution < 1.29 is 14.4 Å². The van der Waals surface area contributed by atoms with Gasteiger partial charge in [-0.2, -0.15) is 0 Å². The molecule has 0 bridgehead atoms. The molecule has 0 spiro atoms. The molecule has 0 atom stereocenters. The van der Waals surface area contributed by atoms with Gasteiger partial charge in [-0.1, -0.05) is 30.3 Å². The highest BCUT2D eigenvalue weighted by Crippen LogP contribution is 2.22. The number of nitrogens with zero attached hydrogens (tertiary/aromatic N) is 3. The summed E-state index contributed by atoms with van der Waals surface area (Å²) >= 11 is 0. The molecule has 2 aliphatic heterocycles. The fraction of sp³-hybridized carbons (Fsp3) is 0.320. The van der Waals surface area contributed by atoms with Crippen LogP contribution >= 0.6 is 0 Å². The highest BCUT2D eigenvalue weighted by Gasteiger charge is 2.22. The number of piperazine rings is 1. The fourth-order valence-electron chi connectivity index (χ4n) is 4.01. The third-order valence-electron chi connectivity index (χ3n) is 5.81. The lowest BCUT2D eigenvalue weighted by Gasteiger charge is -2.33. The van der Waals surface area contributed by atoms with Gasteiger partial charge in [0, 0.05) is 56.6 Å². The Morgan fingerprint density at radius 3 is 2.28 bits per heavy atom. The molecule has 2 heterocycles. The van der Waals surface area contributed by atoms with E-state index in [-0.39, 0.29) is 17.7 Å². The van der Waals surface area contributed by atoms with Crippen molar-refractivity contribution in [3.05, 3.63) is 66.2 Å². The third kappa shape index (κ3) is 5.62. The van der Waals surface area contributed by atoms with Crippen molar-refractivity contribution in [3.63, 3.8) is 0 Å². The molecule has 32 heavy (non-hydrogen) atoms. The van der Waals surface area contributed by atoms with Crippen LogP contribution in [0.15, 0.2) is 60.7 Å². The predicted molar refractivity (Wildman–Crippen MR) is 125 cm³/mol. The molecule has 0 unspecified atom stereocenters. The zero-order valence-electron chi connectivity index (χ0n) is 18.1. The molecule has 2 aliphatic rings. The molecule has 2 aromatic rings. The van der Waals surface area contributed by atoms with Crippen molar-refractivity contribution >= 4 is 35.2 Å². The Labute approximate surface area is 188 Å². The largest absolute Gasteiger partial charge is 0.337 e. The summed E-state index contributed by atoms with van der Waals surface area (Å²) in [7, 11) is 0. The lowest BCUT2D eigenvalue weighted by molar-refractivity contribution is -0.128. The standard InChI is InChI=1S/C25H28N4O3/c30-23(26-21-5-2-1-3-6-21)19-27-15-17-28(18-16-27)24(31)13-10-20-8-11-22(12-9-20)29-14-4-7-25(29)32/h1-3,5-6,8-13H,4,7,14-19H2,(H,26,30)/b13-10+. The molecule has 1 N–H and O–H groups in total. The number of nitrogens with one attached hydrogen (secondary N) is 1. The monoisotopic (exact) mass is 432 g/mol. The van der Waals surface area contributed by atoms with Crippen molar-refractivity contribution in [2.45, 2.75) is 12.8 Å². The normalized spacial score (nSPS) is 17.2. The molecule has 4 rings (SSSR count). The van der Waals surface area contributed by atoms with Crippen LogP contribution in [0.3, 0.4) is 0 Å². The molecule has 0 aliphatic carbocycles. The summed E-state index contributed by atoms with van der Waals surface area (Å²) in [6.45, 7) is 3.61. The molecule has 0 aromatic heterocycles. The number of amides is 3. The Balaban J connectivity index is 1.22. The summed E-state index contributed by atoms with van der Waals surface area (Å²) in [6.07, 6.45) is 4.91. The van der Waals surface area contributed by atoms with Crippen LogP contribution in [0.4, 0.5) is 11.4 Å². The lowest BCUT2D eigenvalue weighted by atomic mass is 10.1. The van der Waals surface area contributed by atoms with E-state index in [9.17, 15) is 14.4 Å². The molecular formula is C25H28N4O3. The Hall–Kier alpha value is -3.45. The average Bonchev–Trinajstić information content (AvgIpc) is 3.24. The van der Waals surface area contributed by atoms with Crippen LogP contribution in [0, 0.1) is 0 Å². The van der Waals surface area contributed by atoms with E-state index in [0.29, 0.717) is 39.1 Å². The maximum atomic E-state index is 12.5. The highest BCUT2D eigenvalue weighted by atomic mass is 16.2. The first-order valence-corrected chi connectivity index (χ1v) is 11.0. The van der Waals surface area contributed by atoms with E-state index < -0.39 is 0 Å².